The third kappa shape index (κ3) is 5.30. The molecule has 0 bridgehead atoms. The van der Waals surface area contributed by atoms with Crippen LogP contribution in [0.2, 0.25) is 0 Å². The monoisotopic (exact) mass is 420 g/mol. The Labute approximate surface area is 182 Å². The van der Waals surface area contributed by atoms with E-state index < -0.39 is 6.10 Å². The average molecular weight is 421 g/mol. The van der Waals surface area contributed by atoms with E-state index in [0.29, 0.717) is 37.1 Å². The van der Waals surface area contributed by atoms with Gasteiger partial charge in [-0.25, -0.2) is 0 Å². The standard InChI is InChI=1S/C24H28N4O3/c1-17-4-8-20(9-5-17)23-25-22(31-26-23)16-27-12-14-28(15-13-27)24(29)19(3)30-21-10-6-18(2)7-11-21/h4-11,19H,12-16H2,1-3H3/t19-/m0/s1. The first-order valence-corrected chi connectivity index (χ1v) is 10.6. The summed E-state index contributed by atoms with van der Waals surface area (Å²) in [5, 5.41) is 4.10. The van der Waals surface area contributed by atoms with Crippen molar-refractivity contribution >= 4 is 5.91 Å². The summed E-state index contributed by atoms with van der Waals surface area (Å²) in [4.78, 5) is 21.4. The molecule has 0 unspecified atom stereocenters. The Balaban J connectivity index is 1.27. The number of rotatable bonds is 6. The summed E-state index contributed by atoms with van der Waals surface area (Å²) in [6, 6.07) is 15.8. The maximum absolute atomic E-state index is 12.8. The Bertz CT molecular complexity index is 1010. The molecule has 1 saturated heterocycles. The SMILES string of the molecule is Cc1ccc(O[C@@H](C)C(=O)N2CCN(Cc3nc(-c4ccc(C)cc4)no3)CC2)cc1. The fraction of sp³-hybridized carbons (Fsp3) is 0.375. The molecule has 0 aliphatic carbocycles. The smallest absolute Gasteiger partial charge is 0.263 e. The average Bonchev–Trinajstić information content (AvgIpc) is 3.24. The number of aryl methyl sites for hydroxylation is 2. The fourth-order valence-electron chi connectivity index (χ4n) is 3.59. The molecule has 31 heavy (non-hydrogen) atoms. The highest BCUT2D eigenvalue weighted by Crippen LogP contribution is 2.18. The van der Waals surface area contributed by atoms with Crippen molar-refractivity contribution in [3.8, 4) is 17.1 Å². The van der Waals surface area contributed by atoms with Crippen molar-refractivity contribution in [2.45, 2.75) is 33.4 Å². The van der Waals surface area contributed by atoms with Crippen LogP contribution in [0.25, 0.3) is 11.4 Å². The van der Waals surface area contributed by atoms with Gasteiger partial charge in [-0.15, -0.1) is 0 Å². The summed E-state index contributed by atoms with van der Waals surface area (Å²) in [6.07, 6.45) is -0.512. The van der Waals surface area contributed by atoms with Gasteiger partial charge in [-0.3, -0.25) is 9.69 Å². The zero-order valence-corrected chi connectivity index (χ0v) is 18.2. The molecule has 0 saturated carbocycles. The van der Waals surface area contributed by atoms with E-state index in [1.807, 2.05) is 67.3 Å². The van der Waals surface area contributed by atoms with Gasteiger partial charge in [-0.1, -0.05) is 52.7 Å². The second-order valence-corrected chi connectivity index (χ2v) is 8.05. The molecule has 1 aliphatic heterocycles. The third-order valence-electron chi connectivity index (χ3n) is 5.50. The topological polar surface area (TPSA) is 71.7 Å². The predicted octanol–water partition coefficient (Wildman–Crippen LogP) is 3.47. The molecule has 4 rings (SSSR count). The van der Waals surface area contributed by atoms with Crippen LogP contribution in [0, 0.1) is 13.8 Å². The molecule has 3 aromatic rings. The lowest BCUT2D eigenvalue weighted by Gasteiger charge is -2.35. The molecule has 7 nitrogen and oxygen atoms in total. The highest BCUT2D eigenvalue weighted by molar-refractivity contribution is 5.81. The van der Waals surface area contributed by atoms with Crippen LogP contribution < -0.4 is 4.74 Å². The van der Waals surface area contributed by atoms with Gasteiger partial charge >= 0.3 is 0 Å². The van der Waals surface area contributed by atoms with Gasteiger partial charge in [-0.2, -0.15) is 4.98 Å². The molecule has 2 heterocycles. The van der Waals surface area contributed by atoms with E-state index in [-0.39, 0.29) is 5.91 Å². The van der Waals surface area contributed by atoms with Crippen molar-refractivity contribution < 1.29 is 14.1 Å². The highest BCUT2D eigenvalue weighted by atomic mass is 16.5. The first kappa shape index (κ1) is 21.1. The van der Waals surface area contributed by atoms with Crippen LogP contribution in [0.5, 0.6) is 5.75 Å². The zero-order valence-electron chi connectivity index (χ0n) is 18.2. The van der Waals surface area contributed by atoms with E-state index >= 15 is 0 Å². The van der Waals surface area contributed by atoms with Crippen LogP contribution >= 0.6 is 0 Å². The summed E-state index contributed by atoms with van der Waals surface area (Å²) < 4.78 is 11.3. The minimum absolute atomic E-state index is 0.0136. The second-order valence-electron chi connectivity index (χ2n) is 8.05. The molecule has 0 radical (unpaired) electrons. The lowest BCUT2D eigenvalue weighted by Crippen LogP contribution is -2.51. The molecule has 1 fully saturated rings. The number of carbonyl (C=O) groups excluding carboxylic acids is 1. The molecule has 1 atom stereocenters. The van der Waals surface area contributed by atoms with Crippen molar-refractivity contribution in [3.63, 3.8) is 0 Å². The molecular formula is C24H28N4O3. The number of ether oxygens (including phenoxy) is 1. The van der Waals surface area contributed by atoms with Gasteiger partial charge in [0.25, 0.3) is 5.91 Å². The minimum atomic E-state index is -0.512. The highest BCUT2D eigenvalue weighted by Gasteiger charge is 2.27. The normalized spacial score (nSPS) is 15.6. The van der Waals surface area contributed by atoms with E-state index in [9.17, 15) is 4.79 Å². The maximum Gasteiger partial charge on any atom is 0.263 e. The Hall–Kier alpha value is -3.19. The minimum Gasteiger partial charge on any atom is -0.481 e. The van der Waals surface area contributed by atoms with Crippen LogP contribution in [0.1, 0.15) is 23.9 Å². The first-order valence-electron chi connectivity index (χ1n) is 10.6. The Morgan fingerprint density at radius 2 is 1.61 bits per heavy atom. The van der Waals surface area contributed by atoms with Gasteiger partial charge < -0.3 is 14.2 Å². The van der Waals surface area contributed by atoms with Gasteiger partial charge in [-0.05, 0) is 32.9 Å². The van der Waals surface area contributed by atoms with E-state index in [1.165, 1.54) is 5.56 Å². The van der Waals surface area contributed by atoms with Crippen LogP contribution in [0.3, 0.4) is 0 Å². The Morgan fingerprint density at radius 1 is 1.00 bits per heavy atom. The number of piperazine rings is 1. The van der Waals surface area contributed by atoms with Crippen LogP contribution in [0.15, 0.2) is 53.1 Å². The van der Waals surface area contributed by atoms with E-state index in [4.69, 9.17) is 9.26 Å². The maximum atomic E-state index is 12.8. The van der Waals surface area contributed by atoms with Crippen LogP contribution in [-0.4, -0.2) is 58.1 Å². The number of hydrogen-bond acceptors (Lipinski definition) is 6. The summed E-state index contributed by atoms with van der Waals surface area (Å²) >= 11 is 0. The molecule has 1 amide bonds. The first-order chi connectivity index (χ1) is 15.0. The van der Waals surface area contributed by atoms with Crippen molar-refractivity contribution in [1.82, 2.24) is 19.9 Å². The van der Waals surface area contributed by atoms with Gasteiger partial charge in [0.1, 0.15) is 5.75 Å². The van der Waals surface area contributed by atoms with Gasteiger partial charge in [0.15, 0.2) is 6.10 Å². The van der Waals surface area contributed by atoms with Crippen molar-refractivity contribution in [2.75, 3.05) is 26.2 Å². The van der Waals surface area contributed by atoms with Gasteiger partial charge in [0.05, 0.1) is 6.54 Å². The summed E-state index contributed by atoms with van der Waals surface area (Å²) in [5.41, 5.74) is 3.30. The van der Waals surface area contributed by atoms with Crippen LogP contribution in [-0.2, 0) is 11.3 Å². The Morgan fingerprint density at radius 3 is 2.26 bits per heavy atom. The lowest BCUT2D eigenvalue weighted by atomic mass is 10.1. The Kier molecular flexibility index (Phi) is 6.32. The summed E-state index contributed by atoms with van der Waals surface area (Å²) in [6.45, 7) is 9.27. The molecule has 1 aromatic heterocycles. The third-order valence-corrected chi connectivity index (χ3v) is 5.50. The quantitative estimate of drug-likeness (QED) is 0.608. The second kappa shape index (κ2) is 9.31. The van der Waals surface area contributed by atoms with E-state index in [0.717, 1.165) is 24.2 Å². The number of amides is 1. The number of aromatic nitrogens is 2. The van der Waals surface area contributed by atoms with Gasteiger partial charge in [0, 0.05) is 31.7 Å². The molecule has 2 aromatic carbocycles. The zero-order chi connectivity index (χ0) is 21.8. The van der Waals surface area contributed by atoms with E-state index in [2.05, 4.69) is 15.0 Å². The number of benzene rings is 2. The molecule has 7 heteroatoms. The molecule has 0 N–H and O–H groups in total. The molecule has 0 spiro atoms. The molecular weight excluding hydrogens is 392 g/mol. The van der Waals surface area contributed by atoms with Crippen molar-refractivity contribution in [3.05, 3.63) is 65.5 Å². The number of hydrogen-bond donors (Lipinski definition) is 0. The molecule has 162 valence electrons. The summed E-state index contributed by atoms with van der Waals surface area (Å²) in [5.74, 6) is 1.92. The van der Waals surface area contributed by atoms with Crippen molar-refractivity contribution in [1.29, 1.82) is 0 Å². The summed E-state index contributed by atoms with van der Waals surface area (Å²) in [7, 11) is 0. The number of nitrogens with zero attached hydrogens (tertiary/aromatic N) is 4. The number of carbonyl (C=O) groups is 1. The van der Waals surface area contributed by atoms with Gasteiger partial charge in [0.2, 0.25) is 11.7 Å². The fourth-order valence-corrected chi connectivity index (χ4v) is 3.59. The lowest BCUT2D eigenvalue weighted by molar-refractivity contribution is -0.139. The van der Waals surface area contributed by atoms with Crippen molar-refractivity contribution in [2.24, 2.45) is 0 Å². The molecule has 1 aliphatic rings. The predicted molar refractivity (Wildman–Crippen MR) is 118 cm³/mol. The largest absolute Gasteiger partial charge is 0.481 e. The van der Waals surface area contributed by atoms with Crippen LogP contribution in [0.4, 0.5) is 0 Å². The van der Waals surface area contributed by atoms with E-state index in [1.54, 1.807) is 6.92 Å².